The molecule has 128 valence electrons. The van der Waals surface area contributed by atoms with Crippen molar-refractivity contribution in [3.05, 3.63) is 29.8 Å². The van der Waals surface area contributed by atoms with Crippen LogP contribution in [0.3, 0.4) is 0 Å². The lowest BCUT2D eigenvalue weighted by atomic mass is 9.71. The molecule has 3 N–H and O–H groups in total. The first-order valence-corrected chi connectivity index (χ1v) is 8.77. The summed E-state index contributed by atoms with van der Waals surface area (Å²) in [5.74, 6) is 1.04. The molecule has 0 saturated heterocycles. The van der Waals surface area contributed by atoms with Crippen LogP contribution in [-0.4, -0.2) is 26.1 Å². The van der Waals surface area contributed by atoms with E-state index in [1.807, 2.05) is 12.1 Å². The average molecular weight is 318 g/mol. The molecule has 1 aromatic rings. The molecular formula is C19H30N2O2. The van der Waals surface area contributed by atoms with Gasteiger partial charge in [0, 0.05) is 13.0 Å². The number of carbonyl (C=O) groups excluding carboxylic acids is 1. The summed E-state index contributed by atoms with van der Waals surface area (Å²) < 4.78 is 5.15. The Morgan fingerprint density at radius 1 is 1.22 bits per heavy atom. The first kappa shape index (κ1) is 17.8. The van der Waals surface area contributed by atoms with E-state index in [1.54, 1.807) is 7.11 Å². The number of rotatable bonds is 8. The van der Waals surface area contributed by atoms with Gasteiger partial charge in [0.25, 0.3) is 0 Å². The molecule has 1 aliphatic carbocycles. The fourth-order valence-corrected chi connectivity index (χ4v) is 3.47. The summed E-state index contributed by atoms with van der Waals surface area (Å²) in [6.45, 7) is 1.36. The van der Waals surface area contributed by atoms with Crippen LogP contribution in [-0.2, 0) is 11.2 Å². The van der Waals surface area contributed by atoms with E-state index in [2.05, 4.69) is 17.4 Å². The maximum Gasteiger partial charge on any atom is 0.220 e. The molecule has 0 unspecified atom stereocenters. The number of carbonyl (C=O) groups is 1. The topological polar surface area (TPSA) is 64.3 Å². The van der Waals surface area contributed by atoms with Gasteiger partial charge in [-0.15, -0.1) is 0 Å². The number of methoxy groups -OCH3 is 1. The number of hydrogen-bond acceptors (Lipinski definition) is 3. The van der Waals surface area contributed by atoms with E-state index >= 15 is 0 Å². The van der Waals surface area contributed by atoms with E-state index in [0.717, 1.165) is 38.0 Å². The zero-order valence-electron chi connectivity index (χ0n) is 14.3. The maximum atomic E-state index is 12.2. The summed E-state index contributed by atoms with van der Waals surface area (Å²) >= 11 is 0. The SMILES string of the molecule is COc1ccc(CCCNC(=O)CC2(CN)CCCCC2)cc1. The summed E-state index contributed by atoms with van der Waals surface area (Å²) in [5.41, 5.74) is 7.27. The van der Waals surface area contributed by atoms with E-state index in [0.29, 0.717) is 13.0 Å². The van der Waals surface area contributed by atoms with Crippen LogP contribution in [0.4, 0.5) is 0 Å². The monoisotopic (exact) mass is 318 g/mol. The van der Waals surface area contributed by atoms with Gasteiger partial charge >= 0.3 is 0 Å². The van der Waals surface area contributed by atoms with Crippen molar-refractivity contribution in [3.63, 3.8) is 0 Å². The van der Waals surface area contributed by atoms with Crippen LogP contribution in [0.15, 0.2) is 24.3 Å². The van der Waals surface area contributed by atoms with Crippen LogP contribution < -0.4 is 15.8 Å². The number of nitrogens with two attached hydrogens (primary N) is 1. The van der Waals surface area contributed by atoms with Crippen LogP contribution in [0.25, 0.3) is 0 Å². The molecule has 23 heavy (non-hydrogen) atoms. The molecule has 4 nitrogen and oxygen atoms in total. The van der Waals surface area contributed by atoms with Gasteiger partial charge in [0.05, 0.1) is 7.11 Å². The molecule has 0 spiro atoms. The van der Waals surface area contributed by atoms with E-state index in [9.17, 15) is 4.79 Å². The van der Waals surface area contributed by atoms with Gasteiger partial charge in [-0.3, -0.25) is 4.79 Å². The number of hydrogen-bond donors (Lipinski definition) is 2. The van der Waals surface area contributed by atoms with E-state index in [-0.39, 0.29) is 11.3 Å². The molecule has 0 aliphatic heterocycles. The Kier molecular flexibility index (Phi) is 6.90. The van der Waals surface area contributed by atoms with Gasteiger partial charge in [-0.25, -0.2) is 0 Å². The fraction of sp³-hybridized carbons (Fsp3) is 0.632. The van der Waals surface area contributed by atoms with Crippen LogP contribution in [0.2, 0.25) is 0 Å². The van der Waals surface area contributed by atoms with Gasteiger partial charge in [0.1, 0.15) is 5.75 Å². The lowest BCUT2D eigenvalue weighted by Crippen LogP contribution is -2.38. The first-order chi connectivity index (χ1) is 11.2. The van der Waals surface area contributed by atoms with Crippen LogP contribution in [0.5, 0.6) is 5.75 Å². The second kappa shape index (κ2) is 8.92. The molecule has 0 atom stereocenters. The highest BCUT2D eigenvalue weighted by Crippen LogP contribution is 2.38. The van der Waals surface area contributed by atoms with Crippen molar-refractivity contribution in [1.29, 1.82) is 0 Å². The van der Waals surface area contributed by atoms with Crippen molar-refractivity contribution in [1.82, 2.24) is 5.32 Å². The predicted molar refractivity (Wildman–Crippen MR) is 93.5 cm³/mol. The number of amides is 1. The Labute approximate surface area is 139 Å². The zero-order chi connectivity index (χ0) is 16.5. The van der Waals surface area contributed by atoms with Gasteiger partial charge in [-0.05, 0) is 55.3 Å². The van der Waals surface area contributed by atoms with Gasteiger partial charge in [0.2, 0.25) is 5.91 Å². The van der Waals surface area contributed by atoms with Crippen molar-refractivity contribution in [2.45, 2.75) is 51.4 Å². The average Bonchev–Trinajstić information content (AvgIpc) is 2.60. The standard InChI is InChI=1S/C19H30N2O2/c1-23-17-9-7-16(8-10-17)6-5-13-21-18(22)14-19(15-20)11-3-2-4-12-19/h7-10H,2-6,11-15,20H2,1H3,(H,21,22). The molecule has 1 aliphatic rings. The van der Waals surface area contributed by atoms with Gasteiger partial charge in [0.15, 0.2) is 0 Å². The lowest BCUT2D eigenvalue weighted by molar-refractivity contribution is -0.123. The maximum absolute atomic E-state index is 12.2. The molecule has 2 rings (SSSR count). The lowest BCUT2D eigenvalue weighted by Gasteiger charge is -2.35. The molecule has 4 heteroatoms. The minimum atomic E-state index is 0.0539. The summed E-state index contributed by atoms with van der Waals surface area (Å²) in [4.78, 5) is 12.2. The number of aryl methyl sites for hydroxylation is 1. The fourth-order valence-electron chi connectivity index (χ4n) is 3.47. The highest BCUT2D eigenvalue weighted by molar-refractivity contribution is 5.76. The summed E-state index contributed by atoms with van der Waals surface area (Å²) in [6, 6.07) is 8.10. The summed E-state index contributed by atoms with van der Waals surface area (Å²) in [6.07, 6.45) is 8.41. The summed E-state index contributed by atoms with van der Waals surface area (Å²) in [5, 5.41) is 3.06. The van der Waals surface area contributed by atoms with Crippen molar-refractivity contribution in [2.24, 2.45) is 11.1 Å². The molecule has 0 bridgehead atoms. The molecule has 0 aromatic heterocycles. The third kappa shape index (κ3) is 5.54. The molecule has 1 saturated carbocycles. The van der Waals surface area contributed by atoms with Gasteiger partial charge < -0.3 is 15.8 Å². The minimum absolute atomic E-state index is 0.0539. The van der Waals surface area contributed by atoms with E-state index in [4.69, 9.17) is 10.5 Å². The van der Waals surface area contributed by atoms with Gasteiger partial charge in [-0.2, -0.15) is 0 Å². The molecular weight excluding hydrogens is 288 g/mol. The van der Waals surface area contributed by atoms with Crippen LogP contribution in [0, 0.1) is 5.41 Å². The van der Waals surface area contributed by atoms with E-state index in [1.165, 1.54) is 24.8 Å². The quantitative estimate of drug-likeness (QED) is 0.724. The van der Waals surface area contributed by atoms with Crippen molar-refractivity contribution < 1.29 is 9.53 Å². The summed E-state index contributed by atoms with van der Waals surface area (Å²) in [7, 11) is 1.67. The van der Waals surface area contributed by atoms with E-state index < -0.39 is 0 Å². The van der Waals surface area contributed by atoms with Crippen molar-refractivity contribution >= 4 is 5.91 Å². The molecule has 1 fully saturated rings. The Balaban J connectivity index is 1.67. The number of nitrogens with one attached hydrogen (secondary N) is 1. The highest BCUT2D eigenvalue weighted by atomic mass is 16.5. The largest absolute Gasteiger partial charge is 0.497 e. The molecule has 1 amide bonds. The molecule has 0 heterocycles. The van der Waals surface area contributed by atoms with Crippen LogP contribution in [0.1, 0.15) is 50.5 Å². The normalized spacial score (nSPS) is 16.8. The Morgan fingerprint density at radius 3 is 2.52 bits per heavy atom. The third-order valence-corrected chi connectivity index (χ3v) is 5.01. The molecule has 0 radical (unpaired) electrons. The number of benzene rings is 1. The first-order valence-electron chi connectivity index (χ1n) is 8.77. The van der Waals surface area contributed by atoms with Gasteiger partial charge in [-0.1, -0.05) is 31.4 Å². The Hall–Kier alpha value is -1.55. The van der Waals surface area contributed by atoms with Crippen molar-refractivity contribution in [2.75, 3.05) is 20.2 Å². The van der Waals surface area contributed by atoms with Crippen LogP contribution >= 0.6 is 0 Å². The Bertz CT molecular complexity index is 479. The highest BCUT2D eigenvalue weighted by Gasteiger charge is 2.32. The minimum Gasteiger partial charge on any atom is -0.497 e. The second-order valence-electron chi connectivity index (χ2n) is 6.74. The molecule has 1 aromatic carbocycles. The Morgan fingerprint density at radius 2 is 1.91 bits per heavy atom. The second-order valence-corrected chi connectivity index (χ2v) is 6.74. The zero-order valence-corrected chi connectivity index (χ0v) is 14.3. The smallest absolute Gasteiger partial charge is 0.220 e. The van der Waals surface area contributed by atoms with Crippen molar-refractivity contribution in [3.8, 4) is 5.75 Å². The predicted octanol–water partition coefficient (Wildman–Crippen LogP) is 3.04. The third-order valence-electron chi connectivity index (χ3n) is 5.01. The number of ether oxygens (including phenoxy) is 1.